The zero-order valence-electron chi connectivity index (χ0n) is 15.8. The van der Waals surface area contributed by atoms with Crippen LogP contribution >= 0.6 is 11.8 Å². The van der Waals surface area contributed by atoms with Gasteiger partial charge in [0.05, 0.1) is 11.2 Å². The molecule has 1 saturated heterocycles. The minimum absolute atomic E-state index is 0.294. The fourth-order valence-corrected chi connectivity index (χ4v) is 4.15. The van der Waals surface area contributed by atoms with Gasteiger partial charge in [0.1, 0.15) is 0 Å². The summed E-state index contributed by atoms with van der Waals surface area (Å²) in [6.07, 6.45) is 0.970. The summed E-state index contributed by atoms with van der Waals surface area (Å²) in [5, 5.41) is 0. The number of thioether (sulfide) groups is 1. The van der Waals surface area contributed by atoms with E-state index in [2.05, 4.69) is 83.1 Å². The molecule has 0 N–H and O–H groups in total. The lowest BCUT2D eigenvalue weighted by molar-refractivity contribution is 0.00578. The van der Waals surface area contributed by atoms with Crippen molar-refractivity contribution in [3.8, 4) is 0 Å². The second-order valence-electron chi connectivity index (χ2n) is 7.54. The molecule has 2 nitrogen and oxygen atoms in total. The molecule has 2 aromatic carbocycles. The Morgan fingerprint density at radius 2 is 1.52 bits per heavy atom. The Balaban J connectivity index is 1.84. The van der Waals surface area contributed by atoms with Crippen molar-refractivity contribution in [3.63, 3.8) is 0 Å². The predicted octanol–water partition coefficient (Wildman–Crippen LogP) is 4.84. The van der Waals surface area contributed by atoms with Gasteiger partial charge >= 0.3 is 7.12 Å². The maximum Gasteiger partial charge on any atom is 0.495 e. The largest absolute Gasteiger partial charge is 0.495 e. The van der Waals surface area contributed by atoms with Crippen LogP contribution in [-0.4, -0.2) is 18.3 Å². The zero-order chi connectivity index (χ0) is 18.1. The second kappa shape index (κ2) is 7.18. The Hall–Kier alpha value is -1.23. The molecule has 1 heterocycles. The molecule has 3 rings (SSSR count). The summed E-state index contributed by atoms with van der Waals surface area (Å²) in [4.78, 5) is 1.32. The summed E-state index contributed by atoms with van der Waals surface area (Å²) in [6.45, 7) is 10.6. The van der Waals surface area contributed by atoms with Crippen molar-refractivity contribution in [1.82, 2.24) is 0 Å². The highest BCUT2D eigenvalue weighted by atomic mass is 32.2. The first-order valence-electron chi connectivity index (χ1n) is 8.98. The molecule has 0 atom stereocenters. The first-order chi connectivity index (χ1) is 11.8. The van der Waals surface area contributed by atoms with Crippen LogP contribution in [0.15, 0.2) is 53.4 Å². The van der Waals surface area contributed by atoms with E-state index in [0.29, 0.717) is 0 Å². The van der Waals surface area contributed by atoms with Crippen molar-refractivity contribution < 1.29 is 9.31 Å². The fourth-order valence-electron chi connectivity index (χ4n) is 3.02. The van der Waals surface area contributed by atoms with Crippen molar-refractivity contribution in [3.05, 3.63) is 59.7 Å². The molecule has 0 unspecified atom stereocenters. The predicted molar refractivity (Wildman–Crippen MR) is 108 cm³/mol. The highest BCUT2D eigenvalue weighted by molar-refractivity contribution is 7.98. The van der Waals surface area contributed by atoms with Gasteiger partial charge in [0.25, 0.3) is 0 Å². The topological polar surface area (TPSA) is 18.5 Å². The van der Waals surface area contributed by atoms with Crippen LogP contribution in [0.5, 0.6) is 0 Å². The van der Waals surface area contributed by atoms with Crippen molar-refractivity contribution in [1.29, 1.82) is 0 Å². The van der Waals surface area contributed by atoms with Crippen LogP contribution in [0.3, 0.4) is 0 Å². The highest BCUT2D eigenvalue weighted by Crippen LogP contribution is 2.37. The molecule has 0 saturated carbocycles. The molecular formula is C21H27BO2S. The first kappa shape index (κ1) is 18.6. The lowest BCUT2D eigenvalue weighted by atomic mass is 9.75. The van der Waals surface area contributed by atoms with Gasteiger partial charge in [-0.2, -0.15) is 0 Å². The van der Waals surface area contributed by atoms with Gasteiger partial charge < -0.3 is 9.31 Å². The van der Waals surface area contributed by atoms with Gasteiger partial charge in [-0.05, 0) is 56.8 Å². The Kier molecular flexibility index (Phi) is 5.33. The van der Waals surface area contributed by atoms with Crippen LogP contribution in [0.4, 0.5) is 0 Å². The average Bonchev–Trinajstić information content (AvgIpc) is 2.81. The van der Waals surface area contributed by atoms with Gasteiger partial charge in [0, 0.05) is 10.6 Å². The van der Waals surface area contributed by atoms with E-state index in [-0.39, 0.29) is 18.3 Å². The standard InChI is InChI=1S/C21H27BO2S/c1-6-17-18(22-23-20(2,3)21(4,5)24-22)13-10-14-19(17)25-15-16-11-8-7-9-12-16/h7-14H,6,15H2,1-5H3. The maximum absolute atomic E-state index is 6.28. The third-order valence-corrected chi connectivity index (χ3v) is 6.44. The average molecular weight is 354 g/mol. The summed E-state index contributed by atoms with van der Waals surface area (Å²) >= 11 is 1.89. The molecular weight excluding hydrogens is 327 g/mol. The van der Waals surface area contributed by atoms with Gasteiger partial charge in [0.2, 0.25) is 0 Å². The molecule has 1 fully saturated rings. The minimum atomic E-state index is -0.310. The smallest absolute Gasteiger partial charge is 0.399 e. The third-order valence-electron chi connectivity index (χ3n) is 5.27. The van der Waals surface area contributed by atoms with E-state index in [1.165, 1.54) is 21.5 Å². The van der Waals surface area contributed by atoms with E-state index in [4.69, 9.17) is 9.31 Å². The van der Waals surface area contributed by atoms with E-state index in [1.807, 2.05) is 11.8 Å². The van der Waals surface area contributed by atoms with Crippen LogP contribution in [0, 0.1) is 0 Å². The summed E-state index contributed by atoms with van der Waals surface area (Å²) in [6, 6.07) is 17.1. The SMILES string of the molecule is CCc1c(SCc2ccccc2)cccc1B1OC(C)(C)C(C)(C)O1. The van der Waals surface area contributed by atoms with Crippen LogP contribution in [0.1, 0.15) is 45.7 Å². The molecule has 0 aliphatic carbocycles. The van der Waals surface area contributed by atoms with E-state index in [1.54, 1.807) is 0 Å². The zero-order valence-corrected chi connectivity index (χ0v) is 16.7. The minimum Gasteiger partial charge on any atom is -0.399 e. The second-order valence-corrected chi connectivity index (χ2v) is 8.56. The molecule has 132 valence electrons. The summed E-state index contributed by atoms with van der Waals surface area (Å²) in [7, 11) is -0.294. The van der Waals surface area contributed by atoms with Gasteiger partial charge in [-0.1, -0.05) is 49.4 Å². The van der Waals surface area contributed by atoms with Gasteiger partial charge in [-0.15, -0.1) is 11.8 Å². The van der Waals surface area contributed by atoms with Crippen LogP contribution in [-0.2, 0) is 21.5 Å². The fraction of sp³-hybridized carbons (Fsp3) is 0.429. The maximum atomic E-state index is 6.28. The number of hydrogen-bond donors (Lipinski definition) is 0. The van der Waals surface area contributed by atoms with Gasteiger partial charge in [-0.3, -0.25) is 0 Å². The van der Waals surface area contributed by atoms with E-state index in [0.717, 1.165) is 12.2 Å². The molecule has 4 heteroatoms. The molecule has 0 radical (unpaired) electrons. The molecule has 0 aromatic heterocycles. The van der Waals surface area contributed by atoms with Crippen LogP contribution in [0.2, 0.25) is 0 Å². The number of hydrogen-bond acceptors (Lipinski definition) is 3. The van der Waals surface area contributed by atoms with Crippen molar-refractivity contribution >= 4 is 24.3 Å². The Morgan fingerprint density at radius 1 is 0.880 bits per heavy atom. The lowest BCUT2D eigenvalue weighted by Crippen LogP contribution is -2.41. The molecule has 0 amide bonds. The quantitative estimate of drug-likeness (QED) is 0.565. The van der Waals surface area contributed by atoms with Crippen molar-refractivity contribution in [2.75, 3.05) is 0 Å². The number of rotatable bonds is 5. The molecule has 2 aromatic rings. The third kappa shape index (κ3) is 3.81. The number of benzene rings is 2. The van der Waals surface area contributed by atoms with E-state index >= 15 is 0 Å². The molecule has 0 bridgehead atoms. The van der Waals surface area contributed by atoms with E-state index < -0.39 is 0 Å². The van der Waals surface area contributed by atoms with Crippen molar-refractivity contribution in [2.45, 2.75) is 62.9 Å². The monoisotopic (exact) mass is 354 g/mol. The molecule has 1 aliphatic rings. The Bertz CT molecular complexity index is 712. The Morgan fingerprint density at radius 3 is 2.12 bits per heavy atom. The van der Waals surface area contributed by atoms with E-state index in [9.17, 15) is 0 Å². The summed E-state index contributed by atoms with van der Waals surface area (Å²) in [5.74, 6) is 0.973. The van der Waals surface area contributed by atoms with Gasteiger partial charge in [-0.25, -0.2) is 0 Å². The summed E-state index contributed by atoms with van der Waals surface area (Å²) < 4.78 is 12.6. The Labute approximate surface area is 156 Å². The van der Waals surface area contributed by atoms with Gasteiger partial charge in [0.15, 0.2) is 0 Å². The van der Waals surface area contributed by atoms with Crippen LogP contribution in [0.25, 0.3) is 0 Å². The summed E-state index contributed by atoms with van der Waals surface area (Å²) in [5.41, 5.74) is 3.22. The normalized spacial score (nSPS) is 18.5. The molecule has 25 heavy (non-hydrogen) atoms. The molecule has 1 aliphatic heterocycles. The van der Waals surface area contributed by atoms with Crippen LogP contribution < -0.4 is 5.46 Å². The highest BCUT2D eigenvalue weighted by Gasteiger charge is 2.52. The lowest BCUT2D eigenvalue weighted by Gasteiger charge is -2.32. The van der Waals surface area contributed by atoms with Crippen molar-refractivity contribution in [2.24, 2.45) is 0 Å². The first-order valence-corrected chi connectivity index (χ1v) is 9.97. The molecule has 0 spiro atoms.